The highest BCUT2D eigenvalue weighted by Crippen LogP contribution is 2.35. The van der Waals surface area contributed by atoms with Gasteiger partial charge in [-0.3, -0.25) is 0 Å². The minimum Gasteiger partial charge on any atom is -0.345 e. The third-order valence-corrected chi connectivity index (χ3v) is 6.73. The summed E-state index contributed by atoms with van der Waals surface area (Å²) in [5, 5.41) is 0.616. The summed E-state index contributed by atoms with van der Waals surface area (Å²) in [7, 11) is -3.62. The Morgan fingerprint density at radius 3 is 2.57 bits per heavy atom. The highest BCUT2D eigenvalue weighted by atomic mass is 127. The fraction of sp³-hybridized carbons (Fsp3) is 0.0714. The first kappa shape index (κ1) is 15.0. The quantitative estimate of drug-likeness (QED) is 0.567. The van der Waals surface area contributed by atoms with Gasteiger partial charge in [0.2, 0.25) is 9.84 Å². The van der Waals surface area contributed by atoms with Crippen molar-refractivity contribution in [1.29, 1.82) is 0 Å². The SMILES string of the molecule is Cc1ccc(S(=O)(=O)c2c(Br)cnc3[nH]cc(I)c23)cc1. The molecule has 0 fully saturated rings. The number of H-pyrrole nitrogens is 1. The first-order valence-corrected chi connectivity index (χ1v) is 9.39. The van der Waals surface area contributed by atoms with E-state index < -0.39 is 9.84 Å². The summed E-state index contributed by atoms with van der Waals surface area (Å²) in [6, 6.07) is 6.84. The predicted molar refractivity (Wildman–Crippen MR) is 93.1 cm³/mol. The van der Waals surface area contributed by atoms with Crippen LogP contribution < -0.4 is 0 Å². The smallest absolute Gasteiger partial charge is 0.208 e. The summed E-state index contributed by atoms with van der Waals surface area (Å²) in [5.41, 5.74) is 1.58. The summed E-state index contributed by atoms with van der Waals surface area (Å²) in [4.78, 5) is 7.72. The number of nitrogens with zero attached hydrogens (tertiary/aromatic N) is 1. The number of hydrogen-bond acceptors (Lipinski definition) is 3. The van der Waals surface area contributed by atoms with Crippen molar-refractivity contribution in [3.8, 4) is 0 Å². The zero-order chi connectivity index (χ0) is 15.2. The normalized spacial score (nSPS) is 12.0. The lowest BCUT2D eigenvalue weighted by Crippen LogP contribution is -2.04. The molecule has 108 valence electrons. The van der Waals surface area contributed by atoms with Crippen molar-refractivity contribution in [2.75, 3.05) is 0 Å². The van der Waals surface area contributed by atoms with Crippen LogP contribution in [0.3, 0.4) is 0 Å². The number of rotatable bonds is 2. The molecule has 0 aliphatic heterocycles. The molecule has 0 atom stereocenters. The van der Waals surface area contributed by atoms with Crippen molar-refractivity contribution in [3.05, 3.63) is 50.3 Å². The predicted octanol–water partition coefficient (Wildman–Crippen LogP) is 4.07. The largest absolute Gasteiger partial charge is 0.345 e. The maximum absolute atomic E-state index is 13.0. The van der Waals surface area contributed by atoms with Crippen molar-refractivity contribution in [2.24, 2.45) is 0 Å². The Morgan fingerprint density at radius 2 is 1.90 bits per heavy atom. The summed E-state index contributed by atoms with van der Waals surface area (Å²) < 4.78 is 27.2. The van der Waals surface area contributed by atoms with Crippen LogP contribution in [0.2, 0.25) is 0 Å². The van der Waals surface area contributed by atoms with Crippen molar-refractivity contribution in [3.63, 3.8) is 0 Å². The molecule has 1 N–H and O–H groups in total. The summed E-state index contributed by atoms with van der Waals surface area (Å²) >= 11 is 5.43. The molecule has 0 radical (unpaired) electrons. The Hall–Kier alpha value is -0.930. The fourth-order valence-corrected chi connectivity index (χ4v) is 5.42. The number of hydrogen-bond donors (Lipinski definition) is 1. The molecule has 7 heteroatoms. The van der Waals surface area contributed by atoms with Gasteiger partial charge in [0, 0.05) is 16.0 Å². The van der Waals surface area contributed by atoms with Gasteiger partial charge >= 0.3 is 0 Å². The van der Waals surface area contributed by atoms with Gasteiger partial charge in [-0.2, -0.15) is 0 Å². The number of aromatic amines is 1. The Balaban J connectivity index is 2.35. The van der Waals surface area contributed by atoms with E-state index in [-0.39, 0.29) is 9.79 Å². The summed E-state index contributed by atoms with van der Waals surface area (Å²) in [6.45, 7) is 1.92. The first-order valence-electron chi connectivity index (χ1n) is 6.04. The Kier molecular flexibility index (Phi) is 3.83. The van der Waals surface area contributed by atoms with Gasteiger partial charge in [0.15, 0.2) is 0 Å². The second kappa shape index (κ2) is 5.36. The van der Waals surface area contributed by atoms with Crippen LogP contribution in [-0.2, 0) is 9.84 Å². The van der Waals surface area contributed by atoms with Gasteiger partial charge in [-0.05, 0) is 57.6 Å². The van der Waals surface area contributed by atoms with Gasteiger partial charge in [0.25, 0.3) is 0 Å². The van der Waals surface area contributed by atoms with E-state index in [1.807, 2.05) is 6.92 Å². The number of aromatic nitrogens is 2. The molecule has 2 heterocycles. The molecule has 0 aliphatic rings. The lowest BCUT2D eigenvalue weighted by atomic mass is 10.2. The summed E-state index contributed by atoms with van der Waals surface area (Å²) in [5.74, 6) is 0. The van der Waals surface area contributed by atoms with E-state index in [9.17, 15) is 8.42 Å². The maximum atomic E-state index is 13.0. The zero-order valence-corrected chi connectivity index (χ0v) is 15.5. The average molecular weight is 477 g/mol. The molecule has 1 aromatic carbocycles. The molecular weight excluding hydrogens is 467 g/mol. The molecule has 0 saturated heterocycles. The number of benzene rings is 1. The van der Waals surface area contributed by atoms with E-state index in [0.29, 0.717) is 15.5 Å². The molecule has 0 spiro atoms. The highest BCUT2D eigenvalue weighted by molar-refractivity contribution is 14.1. The monoisotopic (exact) mass is 476 g/mol. The standard InChI is InChI=1S/C14H10BrIN2O2S/c1-8-2-4-9(5-3-8)21(19,20)13-10(15)6-17-14-12(13)11(16)7-18-14/h2-7H,1H3,(H,17,18). The number of pyridine rings is 1. The van der Waals surface area contributed by atoms with Crippen LogP contribution in [0.4, 0.5) is 0 Å². The lowest BCUT2D eigenvalue weighted by molar-refractivity contribution is 0.596. The van der Waals surface area contributed by atoms with Gasteiger partial charge in [-0.15, -0.1) is 0 Å². The van der Waals surface area contributed by atoms with E-state index in [4.69, 9.17) is 0 Å². The van der Waals surface area contributed by atoms with Crippen LogP contribution in [0.15, 0.2) is 50.9 Å². The van der Waals surface area contributed by atoms with Crippen molar-refractivity contribution in [1.82, 2.24) is 9.97 Å². The molecule has 3 aromatic rings. The summed E-state index contributed by atoms with van der Waals surface area (Å²) in [6.07, 6.45) is 3.26. The van der Waals surface area contributed by atoms with Gasteiger partial charge < -0.3 is 4.98 Å². The van der Waals surface area contributed by atoms with Crippen molar-refractivity contribution < 1.29 is 8.42 Å². The third-order valence-electron chi connectivity index (χ3n) is 3.16. The van der Waals surface area contributed by atoms with E-state index in [1.165, 1.54) is 6.20 Å². The Bertz CT molecular complexity index is 934. The van der Waals surface area contributed by atoms with E-state index in [0.717, 1.165) is 9.13 Å². The van der Waals surface area contributed by atoms with E-state index in [1.54, 1.807) is 30.5 Å². The topological polar surface area (TPSA) is 62.8 Å². The third kappa shape index (κ3) is 2.51. The zero-order valence-electron chi connectivity index (χ0n) is 10.9. The highest BCUT2D eigenvalue weighted by Gasteiger charge is 2.25. The van der Waals surface area contributed by atoms with Gasteiger partial charge in [0.1, 0.15) is 5.65 Å². The fourth-order valence-electron chi connectivity index (χ4n) is 2.10. The number of sulfone groups is 1. The number of fused-ring (bicyclic) bond motifs is 1. The molecule has 0 bridgehead atoms. The van der Waals surface area contributed by atoms with E-state index in [2.05, 4.69) is 48.5 Å². The Labute approximate surface area is 144 Å². The second-order valence-electron chi connectivity index (χ2n) is 4.61. The van der Waals surface area contributed by atoms with Gasteiger partial charge in [0.05, 0.1) is 19.6 Å². The minimum absolute atomic E-state index is 0.252. The number of aryl methyl sites for hydroxylation is 1. The van der Waals surface area contributed by atoms with Crippen LogP contribution in [0.25, 0.3) is 11.0 Å². The number of nitrogens with one attached hydrogen (secondary N) is 1. The molecule has 2 aromatic heterocycles. The second-order valence-corrected chi connectivity index (χ2v) is 8.52. The van der Waals surface area contributed by atoms with Crippen molar-refractivity contribution >= 4 is 59.4 Å². The number of halogens is 2. The first-order chi connectivity index (χ1) is 9.91. The van der Waals surface area contributed by atoms with Crippen LogP contribution >= 0.6 is 38.5 Å². The molecule has 0 saturated carbocycles. The average Bonchev–Trinajstić information content (AvgIpc) is 2.80. The van der Waals surface area contributed by atoms with Gasteiger partial charge in [-0.25, -0.2) is 13.4 Å². The Morgan fingerprint density at radius 1 is 1.24 bits per heavy atom. The van der Waals surface area contributed by atoms with Crippen LogP contribution in [0.1, 0.15) is 5.56 Å². The molecule has 21 heavy (non-hydrogen) atoms. The molecular formula is C14H10BrIN2O2S. The van der Waals surface area contributed by atoms with Crippen LogP contribution in [0, 0.1) is 10.5 Å². The maximum Gasteiger partial charge on any atom is 0.208 e. The van der Waals surface area contributed by atoms with E-state index >= 15 is 0 Å². The lowest BCUT2D eigenvalue weighted by Gasteiger charge is -2.09. The van der Waals surface area contributed by atoms with Crippen molar-refractivity contribution in [2.45, 2.75) is 16.7 Å². The minimum atomic E-state index is -3.62. The molecule has 3 rings (SSSR count). The molecule has 0 amide bonds. The molecule has 4 nitrogen and oxygen atoms in total. The van der Waals surface area contributed by atoms with Crippen LogP contribution in [0.5, 0.6) is 0 Å². The van der Waals surface area contributed by atoms with Crippen LogP contribution in [-0.4, -0.2) is 18.4 Å². The molecule has 0 unspecified atom stereocenters. The molecule has 0 aliphatic carbocycles. The van der Waals surface area contributed by atoms with Gasteiger partial charge in [-0.1, -0.05) is 17.7 Å².